The third kappa shape index (κ3) is 6.96. The third-order valence-corrected chi connectivity index (χ3v) is 5.99. The number of alkyl halides is 3. The highest BCUT2D eigenvalue weighted by Crippen LogP contribution is 2.32. The molecular weight excluding hydrogens is 506 g/mol. The number of rotatable bonds is 7. The van der Waals surface area contributed by atoms with Gasteiger partial charge in [-0.2, -0.15) is 13.2 Å². The van der Waals surface area contributed by atoms with Crippen LogP contribution in [0.4, 0.5) is 28.2 Å². The number of hydrogen-bond donors (Lipinski definition) is 1. The number of hydrogen-bond acceptors (Lipinski definition) is 6. The molecule has 12 heteroatoms. The Balaban J connectivity index is 1.22. The Morgan fingerprint density at radius 2 is 1.66 bits per heavy atom. The molecule has 2 aromatic carbocycles. The number of halogens is 4. The molecule has 0 saturated carbocycles. The van der Waals surface area contributed by atoms with Crippen LogP contribution < -0.4 is 15.0 Å². The first-order valence-corrected chi connectivity index (χ1v) is 11.9. The van der Waals surface area contributed by atoms with Crippen LogP contribution in [0.5, 0.6) is 5.88 Å². The van der Waals surface area contributed by atoms with Crippen molar-refractivity contribution in [3.05, 3.63) is 83.4 Å². The summed E-state index contributed by atoms with van der Waals surface area (Å²) in [6.45, 7) is 1.49. The molecule has 38 heavy (non-hydrogen) atoms. The average Bonchev–Trinajstić information content (AvgIpc) is 2.92. The number of aryl methyl sites for hydroxylation is 1. The molecule has 1 aliphatic heterocycles. The molecule has 2 heterocycles. The van der Waals surface area contributed by atoms with Gasteiger partial charge < -0.3 is 19.9 Å². The molecule has 1 fully saturated rings. The van der Waals surface area contributed by atoms with Gasteiger partial charge in [0, 0.05) is 32.7 Å². The lowest BCUT2D eigenvalue weighted by atomic mass is 10.1. The highest BCUT2D eigenvalue weighted by Gasteiger charge is 2.36. The van der Waals surface area contributed by atoms with Gasteiger partial charge in [-0.05, 0) is 42.7 Å². The van der Waals surface area contributed by atoms with Gasteiger partial charge in [0.15, 0.2) is 0 Å². The van der Waals surface area contributed by atoms with E-state index >= 15 is 0 Å². The fourth-order valence-electron chi connectivity index (χ4n) is 4.02. The fraction of sp³-hybridized carbons (Fsp3) is 0.308. The molecule has 0 aliphatic carbocycles. The molecule has 1 saturated heterocycles. The first-order chi connectivity index (χ1) is 18.2. The zero-order valence-corrected chi connectivity index (χ0v) is 20.2. The maximum absolute atomic E-state index is 13.3. The monoisotopic (exact) mass is 531 g/mol. The minimum absolute atomic E-state index is 0.00218. The van der Waals surface area contributed by atoms with Gasteiger partial charge in [0.25, 0.3) is 5.91 Å². The van der Waals surface area contributed by atoms with Gasteiger partial charge in [0.05, 0.1) is 23.5 Å². The molecule has 1 aromatic heterocycles. The molecule has 3 aromatic rings. The van der Waals surface area contributed by atoms with E-state index in [2.05, 4.69) is 15.3 Å². The summed E-state index contributed by atoms with van der Waals surface area (Å²) < 4.78 is 57.9. The highest BCUT2D eigenvalue weighted by atomic mass is 19.4. The van der Waals surface area contributed by atoms with Crippen molar-refractivity contribution in [1.82, 2.24) is 20.2 Å². The van der Waals surface area contributed by atoms with Crippen molar-refractivity contribution in [2.24, 2.45) is 0 Å². The van der Waals surface area contributed by atoms with Crippen molar-refractivity contribution in [2.45, 2.75) is 19.0 Å². The molecular formula is C26H25F4N5O3. The number of nitrogens with zero attached hydrogens (tertiary/aromatic N) is 4. The molecule has 0 radical (unpaired) electrons. The Morgan fingerprint density at radius 3 is 2.32 bits per heavy atom. The van der Waals surface area contributed by atoms with Crippen LogP contribution in [0.2, 0.25) is 0 Å². The lowest BCUT2D eigenvalue weighted by Gasteiger charge is -2.35. The van der Waals surface area contributed by atoms with Crippen LogP contribution >= 0.6 is 0 Å². The first kappa shape index (κ1) is 26.8. The number of benzene rings is 2. The van der Waals surface area contributed by atoms with E-state index in [-0.39, 0.29) is 30.4 Å². The van der Waals surface area contributed by atoms with Gasteiger partial charge in [0.2, 0.25) is 5.88 Å². The van der Waals surface area contributed by atoms with Crippen molar-refractivity contribution in [3.8, 4) is 5.88 Å². The number of carbonyl (C=O) groups excluding carboxylic acids is 2. The Morgan fingerprint density at radius 1 is 0.947 bits per heavy atom. The van der Waals surface area contributed by atoms with Gasteiger partial charge in [-0.1, -0.05) is 24.3 Å². The number of aromatic nitrogens is 2. The summed E-state index contributed by atoms with van der Waals surface area (Å²) in [5.74, 6) is -0.482. The Hall–Kier alpha value is -4.22. The number of carbonyl (C=O) groups is 2. The van der Waals surface area contributed by atoms with Crippen LogP contribution in [0.3, 0.4) is 0 Å². The van der Waals surface area contributed by atoms with Crippen LogP contribution in [0, 0.1) is 5.82 Å². The van der Waals surface area contributed by atoms with Gasteiger partial charge in [-0.15, -0.1) is 0 Å². The molecule has 2 amide bonds. The summed E-state index contributed by atoms with van der Waals surface area (Å²) in [6, 6.07) is 10.9. The maximum atomic E-state index is 13.3. The van der Waals surface area contributed by atoms with Crippen LogP contribution in [-0.2, 0) is 12.6 Å². The molecule has 1 N–H and O–H groups in total. The van der Waals surface area contributed by atoms with Gasteiger partial charge >= 0.3 is 12.3 Å². The smallest absolute Gasteiger partial charge is 0.390 e. The molecule has 8 nitrogen and oxygen atoms in total. The number of anilines is 1. The first-order valence-electron chi connectivity index (χ1n) is 11.9. The van der Waals surface area contributed by atoms with Crippen molar-refractivity contribution in [3.63, 3.8) is 0 Å². The summed E-state index contributed by atoms with van der Waals surface area (Å²) in [6.07, 6.45) is -1.27. The molecule has 4 rings (SSSR count). The van der Waals surface area contributed by atoms with Crippen LogP contribution in [-0.4, -0.2) is 59.6 Å². The quantitative estimate of drug-likeness (QED) is 0.361. The summed E-state index contributed by atoms with van der Waals surface area (Å²) in [4.78, 5) is 36.3. The number of ether oxygens (including phenoxy) is 1. The molecule has 200 valence electrons. The Bertz CT molecular complexity index is 1240. The average molecular weight is 532 g/mol. The topological polar surface area (TPSA) is 87.7 Å². The molecule has 0 spiro atoms. The summed E-state index contributed by atoms with van der Waals surface area (Å²) >= 11 is 0. The van der Waals surface area contributed by atoms with E-state index in [9.17, 15) is 27.2 Å². The normalized spacial score (nSPS) is 13.8. The molecule has 1 aliphatic rings. The van der Waals surface area contributed by atoms with Crippen LogP contribution in [0.25, 0.3) is 0 Å². The number of amides is 2. The molecule has 0 atom stereocenters. The van der Waals surface area contributed by atoms with Crippen molar-refractivity contribution in [2.75, 3.05) is 37.6 Å². The second-order valence-corrected chi connectivity index (χ2v) is 8.58. The SMILES string of the molecule is O=C(NCCCc1ccc(F)cc1)Oc1cnc(N2CCN(C(=O)c3ccccc3C(F)(F)F)CC2)cn1. The van der Waals surface area contributed by atoms with Gasteiger partial charge in [-0.3, -0.25) is 4.79 Å². The fourth-order valence-corrected chi connectivity index (χ4v) is 4.02. The molecule has 0 bridgehead atoms. The standard InChI is InChI=1S/C26H25F4N5O3/c27-19-9-7-18(8-10-19)4-3-11-31-25(37)38-23-17-32-22(16-33-23)34-12-14-35(15-13-34)24(36)20-5-1-2-6-21(20)26(28,29)30/h1-2,5-10,16-17H,3-4,11-15H2,(H,31,37). The van der Waals surface area contributed by atoms with E-state index < -0.39 is 23.7 Å². The highest BCUT2D eigenvalue weighted by molar-refractivity contribution is 5.96. The lowest BCUT2D eigenvalue weighted by Crippen LogP contribution is -2.49. The summed E-state index contributed by atoms with van der Waals surface area (Å²) in [5.41, 5.74) is -0.367. The Labute approximate surface area is 216 Å². The second-order valence-electron chi connectivity index (χ2n) is 8.58. The van der Waals surface area contributed by atoms with E-state index in [1.807, 2.05) is 4.90 Å². The van der Waals surface area contributed by atoms with Gasteiger partial charge in [-0.25, -0.2) is 19.2 Å². The zero-order chi connectivity index (χ0) is 27.1. The molecule has 0 unspecified atom stereocenters. The van der Waals surface area contributed by atoms with E-state index in [0.717, 1.165) is 11.6 Å². The van der Waals surface area contributed by atoms with Crippen molar-refractivity contribution in [1.29, 1.82) is 0 Å². The van der Waals surface area contributed by atoms with Crippen molar-refractivity contribution >= 4 is 17.8 Å². The third-order valence-electron chi connectivity index (χ3n) is 5.99. The maximum Gasteiger partial charge on any atom is 0.417 e. The van der Waals surface area contributed by atoms with E-state index in [1.54, 1.807) is 12.1 Å². The summed E-state index contributed by atoms with van der Waals surface area (Å²) in [5, 5.41) is 2.61. The minimum Gasteiger partial charge on any atom is -0.390 e. The number of piperazine rings is 1. The summed E-state index contributed by atoms with van der Waals surface area (Å²) in [7, 11) is 0. The van der Waals surface area contributed by atoms with Gasteiger partial charge in [0.1, 0.15) is 11.6 Å². The van der Waals surface area contributed by atoms with E-state index in [4.69, 9.17) is 4.74 Å². The Kier molecular flexibility index (Phi) is 8.39. The lowest BCUT2D eigenvalue weighted by molar-refractivity contribution is -0.138. The van der Waals surface area contributed by atoms with Crippen molar-refractivity contribution < 1.29 is 31.9 Å². The van der Waals surface area contributed by atoms with Crippen LogP contribution in [0.15, 0.2) is 60.9 Å². The minimum atomic E-state index is -4.62. The number of nitrogens with one attached hydrogen (secondary N) is 1. The predicted molar refractivity (Wildman–Crippen MR) is 130 cm³/mol. The van der Waals surface area contributed by atoms with Crippen LogP contribution in [0.1, 0.15) is 27.9 Å². The van der Waals surface area contributed by atoms with E-state index in [1.165, 1.54) is 47.6 Å². The zero-order valence-electron chi connectivity index (χ0n) is 20.2. The predicted octanol–water partition coefficient (Wildman–Crippen LogP) is 4.32. The van der Waals surface area contributed by atoms with E-state index in [0.29, 0.717) is 38.3 Å². The largest absolute Gasteiger partial charge is 0.417 e. The second kappa shape index (κ2) is 11.9.